The molecule has 0 aliphatic carbocycles. The average Bonchev–Trinajstić information content (AvgIpc) is 3.03. The monoisotopic (exact) mass is 396 g/mol. The molecule has 0 unspecified atom stereocenters. The van der Waals surface area contributed by atoms with Gasteiger partial charge in [0.1, 0.15) is 0 Å². The Morgan fingerprint density at radius 3 is 2.33 bits per heavy atom. The van der Waals surface area contributed by atoms with Gasteiger partial charge in [0.15, 0.2) is 0 Å². The van der Waals surface area contributed by atoms with E-state index in [-0.39, 0.29) is 42.6 Å². The van der Waals surface area contributed by atoms with Crippen molar-refractivity contribution in [3.05, 3.63) is 35.4 Å². The van der Waals surface area contributed by atoms with Crippen LogP contribution in [0.25, 0.3) is 0 Å². The molecule has 0 saturated carbocycles. The predicted octanol–water partition coefficient (Wildman–Crippen LogP) is 0.947. The van der Waals surface area contributed by atoms with E-state index in [1.165, 1.54) is 0 Å². The van der Waals surface area contributed by atoms with Crippen LogP contribution in [-0.2, 0) is 27.5 Å². The maximum Gasteiger partial charge on any atom is 0.239 e. The molecule has 1 aliphatic heterocycles. The lowest BCUT2D eigenvalue weighted by molar-refractivity contribution is -0.128. The first-order chi connectivity index (χ1) is 12.4. The first-order valence-electron chi connectivity index (χ1n) is 9.02. The largest absolute Gasteiger partial charge is 0.350 e. The van der Waals surface area contributed by atoms with Crippen molar-refractivity contribution in [3.8, 4) is 0 Å². The molecule has 1 aromatic carbocycles. The highest BCUT2D eigenvalue weighted by molar-refractivity contribution is 5.87. The fraction of sp³-hybridized carbons (Fsp3) is 0.526. The molecule has 8 heteroatoms. The summed E-state index contributed by atoms with van der Waals surface area (Å²) in [7, 11) is 0. The molecular weight excluding hydrogens is 368 g/mol. The van der Waals surface area contributed by atoms with Gasteiger partial charge in [0.05, 0.1) is 12.6 Å². The summed E-state index contributed by atoms with van der Waals surface area (Å²) in [5, 5.41) is 5.30. The number of nitrogens with zero attached hydrogens (tertiary/aromatic N) is 1. The zero-order valence-electron chi connectivity index (χ0n) is 15.9. The smallest absolute Gasteiger partial charge is 0.239 e. The zero-order valence-corrected chi connectivity index (χ0v) is 16.7. The fourth-order valence-electron chi connectivity index (χ4n) is 2.71. The number of nitrogens with one attached hydrogen (secondary N) is 2. The van der Waals surface area contributed by atoms with Gasteiger partial charge < -0.3 is 21.3 Å². The average molecular weight is 397 g/mol. The van der Waals surface area contributed by atoms with Crippen LogP contribution in [0.3, 0.4) is 0 Å². The van der Waals surface area contributed by atoms with Crippen LogP contribution in [0, 0.1) is 5.92 Å². The normalized spacial score (nSPS) is 14.7. The third-order valence-electron chi connectivity index (χ3n) is 4.50. The minimum absolute atomic E-state index is 0. The van der Waals surface area contributed by atoms with Gasteiger partial charge in [-0.25, -0.2) is 0 Å². The van der Waals surface area contributed by atoms with E-state index in [4.69, 9.17) is 5.73 Å². The molecule has 7 nitrogen and oxygen atoms in total. The number of benzene rings is 1. The molecule has 1 atom stereocenters. The van der Waals surface area contributed by atoms with Crippen LogP contribution < -0.4 is 16.4 Å². The van der Waals surface area contributed by atoms with Crippen LogP contribution in [-0.4, -0.2) is 41.8 Å². The van der Waals surface area contributed by atoms with Crippen molar-refractivity contribution < 1.29 is 14.4 Å². The van der Waals surface area contributed by atoms with Gasteiger partial charge in [0.25, 0.3) is 0 Å². The minimum Gasteiger partial charge on any atom is -0.350 e. The second-order valence-corrected chi connectivity index (χ2v) is 7.00. The molecule has 0 radical (unpaired) electrons. The summed E-state index contributed by atoms with van der Waals surface area (Å²) >= 11 is 0. The molecule has 1 aromatic rings. The molecule has 1 saturated heterocycles. The van der Waals surface area contributed by atoms with E-state index in [9.17, 15) is 14.4 Å². The first kappa shape index (κ1) is 22.9. The van der Waals surface area contributed by atoms with Crippen molar-refractivity contribution in [2.75, 3.05) is 13.1 Å². The van der Waals surface area contributed by atoms with E-state index < -0.39 is 6.04 Å². The van der Waals surface area contributed by atoms with Crippen molar-refractivity contribution in [1.29, 1.82) is 0 Å². The topological polar surface area (TPSA) is 105 Å². The molecule has 27 heavy (non-hydrogen) atoms. The maximum atomic E-state index is 11.8. The van der Waals surface area contributed by atoms with Gasteiger partial charge in [-0.1, -0.05) is 38.1 Å². The molecule has 1 aliphatic rings. The lowest BCUT2D eigenvalue weighted by Crippen LogP contribution is -2.47. The number of carbonyl (C=O) groups is 3. The molecule has 3 amide bonds. The third kappa shape index (κ3) is 7.19. The number of hydrogen-bond acceptors (Lipinski definition) is 4. The van der Waals surface area contributed by atoms with E-state index in [1.54, 1.807) is 0 Å². The molecule has 1 fully saturated rings. The third-order valence-corrected chi connectivity index (χ3v) is 4.50. The van der Waals surface area contributed by atoms with Crippen molar-refractivity contribution in [2.24, 2.45) is 11.7 Å². The van der Waals surface area contributed by atoms with Crippen molar-refractivity contribution in [2.45, 2.75) is 45.8 Å². The van der Waals surface area contributed by atoms with Crippen molar-refractivity contribution >= 4 is 30.1 Å². The Morgan fingerprint density at radius 1 is 1.15 bits per heavy atom. The quantitative estimate of drug-likeness (QED) is 0.608. The summed E-state index contributed by atoms with van der Waals surface area (Å²) in [6.07, 6.45) is 1.57. The van der Waals surface area contributed by atoms with Gasteiger partial charge in [-0.2, -0.15) is 0 Å². The molecule has 0 aromatic heterocycles. The Labute approximate surface area is 166 Å². The van der Waals surface area contributed by atoms with Crippen LogP contribution in [0.15, 0.2) is 24.3 Å². The molecular formula is C19H29ClN4O3. The van der Waals surface area contributed by atoms with Crippen molar-refractivity contribution in [3.63, 3.8) is 0 Å². The molecule has 1 heterocycles. The number of likely N-dealkylation sites (tertiary alicyclic amines) is 1. The van der Waals surface area contributed by atoms with Crippen LogP contribution in [0.4, 0.5) is 0 Å². The van der Waals surface area contributed by atoms with Crippen LogP contribution in [0.5, 0.6) is 0 Å². The number of halogens is 1. The summed E-state index contributed by atoms with van der Waals surface area (Å²) in [5.41, 5.74) is 7.76. The highest BCUT2D eigenvalue weighted by atomic mass is 35.5. The summed E-state index contributed by atoms with van der Waals surface area (Å²) in [6, 6.07) is 7.19. The first-order valence-corrected chi connectivity index (χ1v) is 9.02. The Kier molecular flexibility index (Phi) is 9.25. The summed E-state index contributed by atoms with van der Waals surface area (Å²) < 4.78 is 0. The molecule has 2 rings (SSSR count). The maximum absolute atomic E-state index is 11.8. The zero-order chi connectivity index (χ0) is 19.1. The summed E-state index contributed by atoms with van der Waals surface area (Å²) in [6.45, 7) is 5.46. The van der Waals surface area contributed by atoms with E-state index in [0.717, 1.165) is 24.1 Å². The second-order valence-electron chi connectivity index (χ2n) is 7.00. The lowest BCUT2D eigenvalue weighted by Gasteiger charge is -2.16. The fourth-order valence-corrected chi connectivity index (χ4v) is 2.71. The van der Waals surface area contributed by atoms with E-state index in [1.807, 2.05) is 43.0 Å². The van der Waals surface area contributed by atoms with Gasteiger partial charge in [-0.15, -0.1) is 12.4 Å². The Morgan fingerprint density at radius 2 is 1.78 bits per heavy atom. The van der Waals surface area contributed by atoms with Gasteiger partial charge in [-0.3, -0.25) is 14.4 Å². The van der Waals surface area contributed by atoms with Crippen molar-refractivity contribution in [1.82, 2.24) is 15.5 Å². The van der Waals surface area contributed by atoms with Gasteiger partial charge >= 0.3 is 0 Å². The van der Waals surface area contributed by atoms with Crippen LogP contribution in [0.2, 0.25) is 0 Å². The molecule has 150 valence electrons. The number of rotatable bonds is 8. The predicted molar refractivity (Wildman–Crippen MR) is 106 cm³/mol. The van der Waals surface area contributed by atoms with Gasteiger partial charge in [0.2, 0.25) is 17.7 Å². The SMILES string of the molecule is CC(C)[C@H](N)C(=O)NCC(=O)NCc1ccc(CN2CCCC2=O)cc1.Cl. The second kappa shape index (κ2) is 10.9. The number of carbonyl (C=O) groups excluding carboxylic acids is 3. The lowest BCUT2D eigenvalue weighted by atomic mass is 10.1. The minimum atomic E-state index is -0.613. The summed E-state index contributed by atoms with van der Waals surface area (Å²) in [5.74, 6) is -0.356. The molecule has 0 bridgehead atoms. The Bertz CT molecular complexity index is 649. The summed E-state index contributed by atoms with van der Waals surface area (Å²) in [4.78, 5) is 37.1. The highest BCUT2D eigenvalue weighted by Gasteiger charge is 2.20. The highest BCUT2D eigenvalue weighted by Crippen LogP contribution is 2.14. The van der Waals surface area contributed by atoms with Gasteiger partial charge in [0, 0.05) is 26.1 Å². The standard InChI is InChI=1S/C19H28N4O3.ClH/c1-13(2)18(20)19(26)22-11-16(24)21-10-14-5-7-15(8-6-14)12-23-9-3-4-17(23)25;/h5-8,13,18H,3-4,9-12,20H2,1-2H3,(H,21,24)(H,22,26);1H/t18-;/m0./s1. The van der Waals surface area contributed by atoms with E-state index >= 15 is 0 Å². The van der Waals surface area contributed by atoms with Crippen LogP contribution in [0.1, 0.15) is 37.8 Å². The number of hydrogen-bond donors (Lipinski definition) is 3. The van der Waals surface area contributed by atoms with Gasteiger partial charge in [-0.05, 0) is 23.5 Å². The van der Waals surface area contributed by atoms with Crippen LogP contribution >= 0.6 is 12.4 Å². The Balaban J connectivity index is 0.00000364. The van der Waals surface area contributed by atoms with E-state index in [2.05, 4.69) is 10.6 Å². The van der Waals surface area contributed by atoms with E-state index in [0.29, 0.717) is 19.5 Å². The molecule has 0 spiro atoms. The molecule has 4 N–H and O–H groups in total. The number of amides is 3. The number of nitrogens with two attached hydrogens (primary N) is 1. The Hall–Kier alpha value is -2.12.